The molecule has 1 atom stereocenters. The van der Waals surface area contributed by atoms with Gasteiger partial charge in [0.25, 0.3) is 0 Å². The Balaban J connectivity index is 0.00000484. The third kappa shape index (κ3) is 7.06. The second kappa shape index (κ2) is 9.59. The highest BCUT2D eigenvalue weighted by molar-refractivity contribution is 5.85. The van der Waals surface area contributed by atoms with Gasteiger partial charge in [0.05, 0.1) is 5.56 Å². The summed E-state index contributed by atoms with van der Waals surface area (Å²) in [5, 5.41) is 9.76. The number of carbonyl (C=O) groups excluding carboxylic acids is 1. The van der Waals surface area contributed by atoms with E-state index in [0.717, 1.165) is 6.07 Å². The molecule has 0 radical (unpaired) electrons. The third-order valence-corrected chi connectivity index (χ3v) is 2.89. The van der Waals surface area contributed by atoms with E-state index in [9.17, 15) is 23.1 Å². The SMILES string of the molecule is CN(CC(O)COc1ccccc1C(F)(F)F)C(=O)CCN.Cl. The lowest BCUT2D eigenvalue weighted by atomic mass is 10.2. The fourth-order valence-electron chi connectivity index (χ4n) is 1.80. The number of benzene rings is 1. The van der Waals surface area contributed by atoms with Crippen LogP contribution in [0.15, 0.2) is 24.3 Å². The Morgan fingerprint density at radius 2 is 2.00 bits per heavy atom. The van der Waals surface area contributed by atoms with E-state index < -0.39 is 17.8 Å². The van der Waals surface area contributed by atoms with Crippen LogP contribution >= 0.6 is 12.4 Å². The molecule has 0 spiro atoms. The Bertz CT molecular complexity index is 500. The minimum atomic E-state index is -4.53. The van der Waals surface area contributed by atoms with Crippen molar-refractivity contribution >= 4 is 18.3 Å². The zero-order valence-corrected chi connectivity index (χ0v) is 13.4. The van der Waals surface area contributed by atoms with E-state index in [0.29, 0.717) is 0 Å². The van der Waals surface area contributed by atoms with Gasteiger partial charge in [0.15, 0.2) is 0 Å². The van der Waals surface area contributed by atoms with Crippen molar-refractivity contribution in [3.05, 3.63) is 29.8 Å². The van der Waals surface area contributed by atoms with Crippen molar-refractivity contribution in [3.63, 3.8) is 0 Å². The first-order valence-corrected chi connectivity index (χ1v) is 6.66. The van der Waals surface area contributed by atoms with Crippen LogP contribution in [0.1, 0.15) is 12.0 Å². The van der Waals surface area contributed by atoms with Crippen LogP contribution in [0, 0.1) is 0 Å². The number of hydrogen-bond acceptors (Lipinski definition) is 4. The van der Waals surface area contributed by atoms with Crippen LogP contribution in [0.4, 0.5) is 13.2 Å². The van der Waals surface area contributed by atoms with Crippen molar-refractivity contribution in [1.82, 2.24) is 4.90 Å². The summed E-state index contributed by atoms with van der Waals surface area (Å²) in [6, 6.07) is 4.75. The summed E-state index contributed by atoms with van der Waals surface area (Å²) in [4.78, 5) is 12.7. The number of alkyl halides is 3. The van der Waals surface area contributed by atoms with E-state index in [2.05, 4.69) is 0 Å². The summed E-state index contributed by atoms with van der Waals surface area (Å²) in [7, 11) is 1.48. The third-order valence-electron chi connectivity index (χ3n) is 2.89. The van der Waals surface area contributed by atoms with Gasteiger partial charge in [-0.15, -0.1) is 12.4 Å². The maximum absolute atomic E-state index is 12.8. The lowest BCUT2D eigenvalue weighted by Crippen LogP contribution is -2.37. The Labute approximate surface area is 138 Å². The molecule has 3 N–H and O–H groups in total. The number of ether oxygens (including phenoxy) is 1. The molecule has 1 amide bonds. The standard InChI is InChI=1S/C14H19F3N2O3.ClH/c1-19(13(21)6-7-18)8-10(20)9-22-12-5-3-2-4-11(12)14(15,16)17;/h2-5,10,20H,6-9,18H2,1H3;1H. The topological polar surface area (TPSA) is 75.8 Å². The Kier molecular flexibility index (Phi) is 8.96. The highest BCUT2D eigenvalue weighted by Gasteiger charge is 2.34. The molecule has 1 rings (SSSR count). The maximum atomic E-state index is 12.8. The predicted molar refractivity (Wildman–Crippen MR) is 81.5 cm³/mol. The summed E-state index contributed by atoms with van der Waals surface area (Å²) < 4.78 is 43.3. The van der Waals surface area contributed by atoms with Crippen molar-refractivity contribution in [1.29, 1.82) is 0 Å². The summed E-state index contributed by atoms with van der Waals surface area (Å²) in [6.45, 7) is -0.213. The van der Waals surface area contributed by atoms with Gasteiger partial charge in [-0.1, -0.05) is 12.1 Å². The van der Waals surface area contributed by atoms with Gasteiger partial charge in [-0.05, 0) is 12.1 Å². The van der Waals surface area contributed by atoms with E-state index >= 15 is 0 Å². The average Bonchev–Trinajstić information content (AvgIpc) is 2.44. The van der Waals surface area contributed by atoms with Gasteiger partial charge in [-0.2, -0.15) is 13.2 Å². The fraction of sp³-hybridized carbons (Fsp3) is 0.500. The number of likely N-dealkylation sites (N-methyl/N-ethyl adjacent to an activating group) is 1. The molecular formula is C14H20ClF3N2O3. The molecule has 1 aromatic rings. The number of para-hydroxylation sites is 1. The highest BCUT2D eigenvalue weighted by Crippen LogP contribution is 2.35. The second-order valence-electron chi connectivity index (χ2n) is 4.77. The number of aliphatic hydroxyl groups excluding tert-OH is 1. The van der Waals surface area contributed by atoms with E-state index in [1.165, 1.54) is 30.1 Å². The van der Waals surface area contributed by atoms with E-state index in [4.69, 9.17) is 10.5 Å². The molecule has 0 bridgehead atoms. The molecule has 0 saturated heterocycles. The molecule has 132 valence electrons. The summed E-state index contributed by atoms with van der Waals surface area (Å²) >= 11 is 0. The van der Waals surface area contributed by atoms with Gasteiger partial charge >= 0.3 is 6.18 Å². The van der Waals surface area contributed by atoms with Crippen molar-refractivity contribution in [2.75, 3.05) is 26.7 Å². The molecule has 0 fully saturated rings. The number of halogens is 4. The van der Waals surface area contributed by atoms with Gasteiger partial charge < -0.3 is 20.5 Å². The van der Waals surface area contributed by atoms with Crippen LogP contribution in [0.25, 0.3) is 0 Å². The van der Waals surface area contributed by atoms with E-state index in [-0.39, 0.29) is 50.2 Å². The molecule has 0 heterocycles. The van der Waals surface area contributed by atoms with E-state index in [1.54, 1.807) is 0 Å². The lowest BCUT2D eigenvalue weighted by Gasteiger charge is -2.21. The van der Waals surface area contributed by atoms with Crippen molar-refractivity contribution in [2.45, 2.75) is 18.7 Å². The predicted octanol–water partition coefficient (Wildman–Crippen LogP) is 1.67. The van der Waals surface area contributed by atoms with Gasteiger partial charge in [-0.25, -0.2) is 0 Å². The van der Waals surface area contributed by atoms with Gasteiger partial charge in [0.2, 0.25) is 5.91 Å². The number of rotatable bonds is 7. The summed E-state index contributed by atoms with van der Waals surface area (Å²) in [5.74, 6) is -0.609. The zero-order chi connectivity index (χ0) is 16.8. The quantitative estimate of drug-likeness (QED) is 0.779. The Hall–Kier alpha value is -1.51. The summed E-state index contributed by atoms with van der Waals surface area (Å²) in [6.07, 6.45) is -5.50. The van der Waals surface area contributed by atoms with Crippen LogP contribution in [0.2, 0.25) is 0 Å². The first-order chi connectivity index (χ1) is 10.3. The van der Waals surface area contributed by atoms with Crippen molar-refractivity contribution in [2.24, 2.45) is 5.73 Å². The number of nitrogens with two attached hydrogens (primary N) is 1. The number of nitrogens with zero attached hydrogens (tertiary/aromatic N) is 1. The molecule has 0 aliphatic carbocycles. The van der Waals surface area contributed by atoms with Crippen LogP contribution in [-0.4, -0.2) is 48.8 Å². The second-order valence-corrected chi connectivity index (χ2v) is 4.77. The first kappa shape index (κ1) is 21.5. The Morgan fingerprint density at radius 1 is 1.39 bits per heavy atom. The lowest BCUT2D eigenvalue weighted by molar-refractivity contribution is -0.139. The molecule has 1 unspecified atom stereocenters. The Morgan fingerprint density at radius 3 is 2.57 bits per heavy atom. The number of aliphatic hydroxyl groups is 1. The molecular weight excluding hydrogens is 337 g/mol. The first-order valence-electron chi connectivity index (χ1n) is 6.66. The van der Waals surface area contributed by atoms with Gasteiger partial charge in [0.1, 0.15) is 18.5 Å². The van der Waals surface area contributed by atoms with Crippen LogP contribution in [-0.2, 0) is 11.0 Å². The van der Waals surface area contributed by atoms with Crippen LogP contribution < -0.4 is 10.5 Å². The zero-order valence-electron chi connectivity index (χ0n) is 12.5. The maximum Gasteiger partial charge on any atom is 0.419 e. The number of hydrogen-bond donors (Lipinski definition) is 2. The highest BCUT2D eigenvalue weighted by atomic mass is 35.5. The minimum absolute atomic E-state index is 0. The molecule has 0 aliphatic heterocycles. The van der Waals surface area contributed by atoms with Gasteiger partial charge in [-0.3, -0.25) is 4.79 Å². The normalized spacial score (nSPS) is 12.3. The van der Waals surface area contributed by atoms with E-state index in [1.807, 2.05) is 0 Å². The van der Waals surface area contributed by atoms with Crippen LogP contribution in [0.3, 0.4) is 0 Å². The smallest absolute Gasteiger partial charge is 0.419 e. The molecule has 5 nitrogen and oxygen atoms in total. The van der Waals surface area contributed by atoms with Gasteiger partial charge in [0, 0.05) is 26.6 Å². The average molecular weight is 357 g/mol. The number of carbonyl (C=O) groups is 1. The fourth-order valence-corrected chi connectivity index (χ4v) is 1.80. The minimum Gasteiger partial charge on any atom is -0.490 e. The van der Waals surface area contributed by atoms with Crippen molar-refractivity contribution < 1.29 is 27.8 Å². The van der Waals surface area contributed by atoms with Crippen LogP contribution in [0.5, 0.6) is 5.75 Å². The monoisotopic (exact) mass is 356 g/mol. The molecule has 23 heavy (non-hydrogen) atoms. The summed E-state index contributed by atoms with van der Waals surface area (Å²) in [5.41, 5.74) is 4.34. The molecule has 0 aromatic heterocycles. The molecule has 0 aliphatic rings. The number of amides is 1. The molecule has 9 heteroatoms. The molecule has 0 saturated carbocycles. The largest absolute Gasteiger partial charge is 0.490 e. The van der Waals surface area contributed by atoms with Crippen molar-refractivity contribution in [3.8, 4) is 5.75 Å². The molecule has 1 aromatic carbocycles.